The van der Waals surface area contributed by atoms with E-state index in [1.54, 1.807) is 36.4 Å². The molecular weight excluding hydrogens is 450 g/mol. The Kier molecular flexibility index (Phi) is 5.56. The second kappa shape index (κ2) is 8.71. The molecule has 1 fully saturated rings. The maximum absolute atomic E-state index is 13.5. The van der Waals surface area contributed by atoms with Crippen LogP contribution in [0.25, 0.3) is 17.1 Å². The topological polar surface area (TPSA) is 130 Å². The Hall–Kier alpha value is -4.47. The van der Waals surface area contributed by atoms with E-state index in [1.807, 2.05) is 19.1 Å². The van der Waals surface area contributed by atoms with E-state index in [9.17, 15) is 19.2 Å². The van der Waals surface area contributed by atoms with Gasteiger partial charge in [-0.2, -0.15) is 9.67 Å². The third kappa shape index (κ3) is 3.92. The van der Waals surface area contributed by atoms with Crippen molar-refractivity contribution in [2.45, 2.75) is 39.0 Å². The van der Waals surface area contributed by atoms with Gasteiger partial charge in [0.15, 0.2) is 5.58 Å². The van der Waals surface area contributed by atoms with Crippen LogP contribution in [0.2, 0.25) is 0 Å². The number of rotatable bonds is 6. The zero-order valence-electron chi connectivity index (χ0n) is 19.2. The Morgan fingerprint density at radius 1 is 1.14 bits per heavy atom. The monoisotopic (exact) mass is 473 g/mol. The fourth-order valence-electron chi connectivity index (χ4n) is 4.41. The van der Waals surface area contributed by atoms with Crippen molar-refractivity contribution in [2.24, 2.45) is 0 Å². The molecule has 35 heavy (non-hydrogen) atoms. The number of carbonyl (C=O) groups is 3. The summed E-state index contributed by atoms with van der Waals surface area (Å²) in [4.78, 5) is 56.5. The molecule has 3 heterocycles. The van der Waals surface area contributed by atoms with Gasteiger partial charge in [-0.25, -0.2) is 0 Å². The van der Waals surface area contributed by atoms with Gasteiger partial charge in [-0.05, 0) is 42.8 Å². The quantitative estimate of drug-likeness (QED) is 0.414. The molecule has 1 aliphatic rings. The molecule has 0 bridgehead atoms. The van der Waals surface area contributed by atoms with Gasteiger partial charge in [-0.1, -0.05) is 25.5 Å². The molecule has 1 atom stereocenters. The number of aromatic amines is 1. The lowest BCUT2D eigenvalue weighted by atomic mass is 9.96. The minimum atomic E-state index is -0.923. The van der Waals surface area contributed by atoms with E-state index in [-0.39, 0.29) is 23.9 Å². The second-order valence-electron chi connectivity index (χ2n) is 8.41. The van der Waals surface area contributed by atoms with Gasteiger partial charge in [-0.15, -0.1) is 0 Å². The van der Waals surface area contributed by atoms with Crippen molar-refractivity contribution in [3.05, 3.63) is 70.1 Å². The molecule has 1 aliphatic heterocycles. The van der Waals surface area contributed by atoms with Crippen molar-refractivity contribution in [1.82, 2.24) is 14.8 Å². The fraction of sp³-hybridized carbons (Fsp3) is 0.240. The maximum atomic E-state index is 13.5. The molecule has 2 N–H and O–H groups in total. The number of nitrogens with one attached hydrogen (secondary N) is 2. The van der Waals surface area contributed by atoms with E-state index in [1.165, 1.54) is 11.6 Å². The summed E-state index contributed by atoms with van der Waals surface area (Å²) in [5, 5.41) is 5.69. The van der Waals surface area contributed by atoms with Gasteiger partial charge in [0.05, 0.1) is 17.2 Å². The Morgan fingerprint density at radius 3 is 2.57 bits per heavy atom. The molecule has 2 aromatic carbocycles. The summed E-state index contributed by atoms with van der Waals surface area (Å²) in [5.74, 6) is -2.02. The number of carbonyl (C=O) groups excluding carboxylic acids is 3. The van der Waals surface area contributed by atoms with Crippen molar-refractivity contribution in [1.29, 1.82) is 0 Å². The minimum absolute atomic E-state index is 0.0713. The third-order valence-electron chi connectivity index (χ3n) is 5.92. The molecular formula is C25H23N5O5. The van der Waals surface area contributed by atoms with Crippen LogP contribution in [0.5, 0.6) is 0 Å². The molecule has 10 nitrogen and oxygen atoms in total. The van der Waals surface area contributed by atoms with E-state index in [0.29, 0.717) is 34.6 Å². The number of aromatic nitrogens is 3. The molecule has 0 radical (unpaired) electrons. The molecule has 4 aromatic rings. The van der Waals surface area contributed by atoms with E-state index in [2.05, 4.69) is 15.4 Å². The van der Waals surface area contributed by atoms with Crippen molar-refractivity contribution in [3.8, 4) is 6.01 Å². The summed E-state index contributed by atoms with van der Waals surface area (Å²) in [7, 11) is 0. The number of H-pyrrole nitrogens is 1. The van der Waals surface area contributed by atoms with Gasteiger partial charge in [0, 0.05) is 24.7 Å². The number of amides is 3. The first kappa shape index (κ1) is 22.3. The zero-order chi connectivity index (χ0) is 24.7. The summed E-state index contributed by atoms with van der Waals surface area (Å²) in [6, 6.07) is 13.6. The van der Waals surface area contributed by atoms with Crippen molar-refractivity contribution in [3.63, 3.8) is 0 Å². The van der Waals surface area contributed by atoms with E-state index in [4.69, 9.17) is 4.42 Å². The van der Waals surface area contributed by atoms with Crippen molar-refractivity contribution < 1.29 is 18.8 Å². The fourth-order valence-corrected chi connectivity index (χ4v) is 4.41. The number of fused-ring (bicyclic) bond motifs is 1. The molecule has 3 amide bonds. The Balaban J connectivity index is 1.52. The van der Waals surface area contributed by atoms with Crippen LogP contribution in [-0.2, 0) is 20.8 Å². The highest BCUT2D eigenvalue weighted by atomic mass is 16.4. The maximum Gasteiger partial charge on any atom is 0.325 e. The highest BCUT2D eigenvalue weighted by Gasteiger charge is 2.43. The first-order chi connectivity index (χ1) is 16.9. The largest absolute Gasteiger partial charge is 0.422 e. The van der Waals surface area contributed by atoms with Gasteiger partial charge in [0.1, 0.15) is 5.52 Å². The van der Waals surface area contributed by atoms with E-state index < -0.39 is 23.3 Å². The van der Waals surface area contributed by atoms with Crippen molar-refractivity contribution in [2.75, 3.05) is 10.2 Å². The predicted octanol–water partition coefficient (Wildman–Crippen LogP) is 3.26. The van der Waals surface area contributed by atoms with Crippen LogP contribution in [-0.4, -0.2) is 32.5 Å². The number of benzene rings is 2. The normalized spacial score (nSPS) is 15.8. The van der Waals surface area contributed by atoms with Gasteiger partial charge < -0.3 is 9.73 Å². The summed E-state index contributed by atoms with van der Waals surface area (Å²) in [6.07, 6.45) is 1.12. The summed E-state index contributed by atoms with van der Waals surface area (Å²) in [6.45, 7) is 3.36. The molecule has 0 saturated carbocycles. The number of hydrogen-bond acceptors (Lipinski definition) is 6. The molecule has 0 spiro atoms. The smallest absolute Gasteiger partial charge is 0.325 e. The first-order valence-corrected chi connectivity index (χ1v) is 11.3. The number of aryl methyl sites for hydroxylation is 1. The molecule has 2 aromatic heterocycles. The Labute approximate surface area is 199 Å². The molecule has 1 saturated heterocycles. The lowest BCUT2D eigenvalue weighted by Crippen LogP contribution is -2.31. The van der Waals surface area contributed by atoms with Gasteiger partial charge in [0.2, 0.25) is 17.7 Å². The van der Waals surface area contributed by atoms with Crippen LogP contribution < -0.4 is 15.8 Å². The van der Waals surface area contributed by atoms with Gasteiger partial charge >= 0.3 is 6.01 Å². The van der Waals surface area contributed by atoms with E-state index in [0.717, 1.165) is 11.3 Å². The third-order valence-corrected chi connectivity index (χ3v) is 5.92. The SMILES string of the molecule is CCCc1[nH]n(-c2nc3ccccc3o2)c(=O)c1C1CC(=O)N(c2ccc(NC(C)=O)cc2)C1=O. The summed E-state index contributed by atoms with van der Waals surface area (Å²) in [5.41, 5.74) is 2.43. The predicted molar refractivity (Wildman–Crippen MR) is 129 cm³/mol. The Morgan fingerprint density at radius 2 is 1.89 bits per heavy atom. The van der Waals surface area contributed by atoms with Crippen LogP contribution >= 0.6 is 0 Å². The average molecular weight is 473 g/mol. The Bertz CT molecular complexity index is 1480. The summed E-state index contributed by atoms with van der Waals surface area (Å²) < 4.78 is 6.95. The van der Waals surface area contributed by atoms with E-state index >= 15 is 0 Å². The molecule has 5 rings (SSSR count). The van der Waals surface area contributed by atoms with Crippen LogP contribution in [0.3, 0.4) is 0 Å². The lowest BCUT2D eigenvalue weighted by molar-refractivity contribution is -0.121. The standard InChI is InChI=1S/C25H23N5O5/c1-3-6-19-22(24(34)30(28-19)25-27-18-7-4-5-8-20(18)35-25)17-13-21(32)29(23(17)33)16-11-9-15(10-12-16)26-14(2)31/h4-5,7-12,17,28H,3,6,13H2,1-2H3,(H,26,31). The van der Waals surface area contributed by atoms with Crippen molar-refractivity contribution >= 4 is 40.2 Å². The lowest BCUT2D eigenvalue weighted by Gasteiger charge is -2.15. The number of imide groups is 1. The number of anilines is 2. The molecule has 0 aliphatic carbocycles. The van der Waals surface area contributed by atoms with Crippen LogP contribution in [0.4, 0.5) is 11.4 Å². The molecule has 178 valence electrons. The highest BCUT2D eigenvalue weighted by Crippen LogP contribution is 2.34. The zero-order valence-corrected chi connectivity index (χ0v) is 19.2. The van der Waals surface area contributed by atoms with Gasteiger partial charge in [0.25, 0.3) is 5.56 Å². The molecule has 10 heteroatoms. The number of hydrogen-bond donors (Lipinski definition) is 2. The number of nitrogens with zero attached hydrogens (tertiary/aromatic N) is 3. The van der Waals surface area contributed by atoms with Crippen LogP contribution in [0.15, 0.2) is 57.7 Å². The highest BCUT2D eigenvalue weighted by molar-refractivity contribution is 6.22. The second-order valence-corrected chi connectivity index (χ2v) is 8.41. The minimum Gasteiger partial charge on any atom is -0.422 e. The van der Waals surface area contributed by atoms with Crippen LogP contribution in [0, 0.1) is 0 Å². The summed E-state index contributed by atoms with van der Waals surface area (Å²) >= 11 is 0. The molecule has 1 unspecified atom stereocenters. The average Bonchev–Trinajstić information content (AvgIpc) is 3.47. The van der Waals surface area contributed by atoms with Crippen LogP contribution in [0.1, 0.15) is 43.9 Å². The first-order valence-electron chi connectivity index (χ1n) is 11.3. The number of oxazole rings is 1. The number of para-hydroxylation sites is 2. The van der Waals surface area contributed by atoms with Gasteiger partial charge in [-0.3, -0.25) is 29.2 Å².